The maximum atomic E-state index is 11.3. The van der Waals surface area contributed by atoms with E-state index in [2.05, 4.69) is 5.32 Å². The van der Waals surface area contributed by atoms with E-state index < -0.39 is 23.9 Å². The van der Waals surface area contributed by atoms with Gasteiger partial charge in [0.2, 0.25) is 0 Å². The minimum absolute atomic E-state index is 0.139. The molecule has 1 aliphatic rings. The molecule has 7 heteroatoms. The summed E-state index contributed by atoms with van der Waals surface area (Å²) >= 11 is 0. The van der Waals surface area contributed by atoms with E-state index in [-0.39, 0.29) is 6.42 Å². The average molecular weight is 256 g/mol. The number of carboxylic acids is 1. The van der Waals surface area contributed by atoms with E-state index in [9.17, 15) is 19.2 Å². The van der Waals surface area contributed by atoms with Crippen molar-refractivity contribution >= 4 is 24.2 Å². The van der Waals surface area contributed by atoms with E-state index in [1.807, 2.05) is 0 Å². The molecular weight excluding hydrogens is 240 g/mol. The van der Waals surface area contributed by atoms with Crippen molar-refractivity contribution in [3.63, 3.8) is 0 Å². The Morgan fingerprint density at radius 3 is 2.56 bits per heavy atom. The highest BCUT2D eigenvalue weighted by Gasteiger charge is 2.37. The summed E-state index contributed by atoms with van der Waals surface area (Å²) in [5.41, 5.74) is 0. The van der Waals surface area contributed by atoms with E-state index in [4.69, 9.17) is 5.11 Å². The lowest BCUT2D eigenvalue weighted by Gasteiger charge is -2.16. The fourth-order valence-electron chi connectivity index (χ4n) is 1.81. The van der Waals surface area contributed by atoms with Gasteiger partial charge in [0.15, 0.2) is 12.3 Å². The maximum absolute atomic E-state index is 11.3. The fourth-order valence-corrected chi connectivity index (χ4v) is 1.81. The third-order valence-electron chi connectivity index (χ3n) is 2.76. The molecule has 0 saturated carbocycles. The lowest BCUT2D eigenvalue weighted by atomic mass is 10.1. The molecule has 3 amide bonds. The second kappa shape index (κ2) is 6.73. The van der Waals surface area contributed by atoms with Crippen LogP contribution in [-0.2, 0) is 14.4 Å². The number of nitrogens with zero attached hydrogens (tertiary/aromatic N) is 1. The standard InChI is InChI=1S/C11H16N2O5/c14-7-8-10(17)12-11(18)13(8)6-4-2-1-3-5-9(15)16/h7-8H,1-6H2,(H,15,16)(H,12,17,18). The number of amides is 3. The molecule has 1 saturated heterocycles. The van der Waals surface area contributed by atoms with Crippen LogP contribution in [0.2, 0.25) is 0 Å². The Hall–Kier alpha value is -1.92. The van der Waals surface area contributed by atoms with Crippen molar-refractivity contribution in [3.05, 3.63) is 0 Å². The van der Waals surface area contributed by atoms with Crippen LogP contribution in [0.3, 0.4) is 0 Å². The van der Waals surface area contributed by atoms with Gasteiger partial charge in [-0.1, -0.05) is 12.8 Å². The SMILES string of the molecule is O=CC1C(=O)NC(=O)N1CCCCCCC(=O)O. The molecule has 0 bridgehead atoms. The van der Waals surface area contributed by atoms with Gasteiger partial charge in [0, 0.05) is 13.0 Å². The van der Waals surface area contributed by atoms with Crippen molar-refractivity contribution < 1.29 is 24.3 Å². The van der Waals surface area contributed by atoms with Crippen molar-refractivity contribution in [1.29, 1.82) is 0 Å². The van der Waals surface area contributed by atoms with E-state index in [1.165, 1.54) is 4.90 Å². The molecule has 1 aliphatic heterocycles. The van der Waals surface area contributed by atoms with Gasteiger partial charge < -0.3 is 14.8 Å². The van der Waals surface area contributed by atoms with Gasteiger partial charge in [0.25, 0.3) is 5.91 Å². The first-order valence-electron chi connectivity index (χ1n) is 5.85. The third-order valence-corrected chi connectivity index (χ3v) is 2.76. The molecule has 0 aliphatic carbocycles. The number of carbonyl (C=O) groups is 4. The lowest BCUT2D eigenvalue weighted by molar-refractivity contribution is -0.137. The molecule has 0 aromatic heterocycles. The molecule has 100 valence electrons. The molecule has 18 heavy (non-hydrogen) atoms. The Kier molecular flexibility index (Phi) is 5.29. The smallest absolute Gasteiger partial charge is 0.325 e. The number of unbranched alkanes of at least 4 members (excludes halogenated alkanes) is 3. The molecule has 1 fully saturated rings. The Morgan fingerprint density at radius 2 is 1.94 bits per heavy atom. The molecule has 1 heterocycles. The van der Waals surface area contributed by atoms with Gasteiger partial charge in [-0.2, -0.15) is 0 Å². The van der Waals surface area contributed by atoms with Crippen molar-refractivity contribution in [3.8, 4) is 0 Å². The topological polar surface area (TPSA) is 104 Å². The summed E-state index contributed by atoms with van der Waals surface area (Å²) in [6.45, 7) is 0.327. The minimum Gasteiger partial charge on any atom is -0.481 e. The molecule has 2 N–H and O–H groups in total. The van der Waals surface area contributed by atoms with Gasteiger partial charge in [-0.3, -0.25) is 14.9 Å². The number of aldehydes is 1. The van der Waals surface area contributed by atoms with Crippen LogP contribution in [0, 0.1) is 0 Å². The van der Waals surface area contributed by atoms with Crippen LogP contribution >= 0.6 is 0 Å². The molecule has 1 atom stereocenters. The number of urea groups is 1. The highest BCUT2D eigenvalue weighted by molar-refractivity contribution is 6.11. The Bertz CT molecular complexity index is 355. The monoisotopic (exact) mass is 256 g/mol. The van der Waals surface area contributed by atoms with Gasteiger partial charge in [-0.25, -0.2) is 4.79 Å². The van der Waals surface area contributed by atoms with E-state index in [1.54, 1.807) is 0 Å². The third kappa shape index (κ3) is 3.83. The van der Waals surface area contributed by atoms with Crippen LogP contribution in [-0.4, -0.2) is 46.8 Å². The Labute approximate surface area is 104 Å². The van der Waals surface area contributed by atoms with E-state index >= 15 is 0 Å². The van der Waals surface area contributed by atoms with E-state index in [0.29, 0.717) is 25.7 Å². The summed E-state index contributed by atoms with van der Waals surface area (Å²) in [4.78, 5) is 44.6. The van der Waals surface area contributed by atoms with Crippen LogP contribution in [0.15, 0.2) is 0 Å². The van der Waals surface area contributed by atoms with Gasteiger partial charge in [0.1, 0.15) is 0 Å². The fraction of sp³-hybridized carbons (Fsp3) is 0.636. The number of aliphatic carboxylic acids is 1. The summed E-state index contributed by atoms with van der Waals surface area (Å²) in [6, 6.07) is -1.56. The van der Waals surface area contributed by atoms with Gasteiger partial charge >= 0.3 is 12.0 Å². The number of nitrogens with one attached hydrogen (secondary N) is 1. The minimum atomic E-state index is -1.02. The normalized spacial score (nSPS) is 18.9. The predicted molar refractivity (Wildman–Crippen MR) is 60.8 cm³/mol. The summed E-state index contributed by atoms with van der Waals surface area (Å²) in [6.07, 6.45) is 3.34. The molecule has 1 unspecified atom stereocenters. The zero-order chi connectivity index (χ0) is 13.5. The summed E-state index contributed by atoms with van der Waals surface area (Å²) < 4.78 is 0. The Balaban J connectivity index is 2.22. The van der Waals surface area contributed by atoms with Crippen LogP contribution in [0.4, 0.5) is 4.79 Å². The summed E-state index contributed by atoms with van der Waals surface area (Å²) in [7, 11) is 0. The van der Waals surface area contributed by atoms with Crippen molar-refractivity contribution in [1.82, 2.24) is 10.2 Å². The van der Waals surface area contributed by atoms with Crippen molar-refractivity contribution in [2.75, 3.05) is 6.54 Å². The molecule has 0 spiro atoms. The van der Waals surface area contributed by atoms with Crippen LogP contribution in [0.25, 0.3) is 0 Å². The van der Waals surface area contributed by atoms with Gasteiger partial charge in [-0.05, 0) is 12.8 Å². The molecule has 0 aromatic carbocycles. The predicted octanol–water partition coefficient (Wildman–Crippen LogP) is 0.141. The zero-order valence-corrected chi connectivity index (χ0v) is 9.92. The number of hydrogen-bond donors (Lipinski definition) is 2. The number of carbonyl (C=O) groups excluding carboxylic acids is 3. The summed E-state index contributed by atoms with van der Waals surface area (Å²) in [5.74, 6) is -1.40. The Morgan fingerprint density at radius 1 is 1.28 bits per heavy atom. The quantitative estimate of drug-likeness (QED) is 0.278. The first kappa shape index (κ1) is 14.1. The molecule has 1 rings (SSSR count). The highest BCUT2D eigenvalue weighted by atomic mass is 16.4. The first-order valence-corrected chi connectivity index (χ1v) is 5.85. The van der Waals surface area contributed by atoms with Gasteiger partial charge in [0.05, 0.1) is 0 Å². The number of hydrogen-bond acceptors (Lipinski definition) is 4. The maximum Gasteiger partial charge on any atom is 0.325 e. The number of rotatable bonds is 8. The highest BCUT2D eigenvalue weighted by Crippen LogP contribution is 2.10. The zero-order valence-electron chi connectivity index (χ0n) is 9.92. The number of carboxylic acid groups (broad SMARTS) is 1. The molecule has 0 aromatic rings. The van der Waals surface area contributed by atoms with E-state index in [0.717, 1.165) is 12.8 Å². The average Bonchev–Trinajstić information content (AvgIpc) is 2.57. The second-order valence-electron chi connectivity index (χ2n) is 4.13. The lowest BCUT2D eigenvalue weighted by Crippen LogP contribution is -2.36. The van der Waals surface area contributed by atoms with Crippen LogP contribution in [0.5, 0.6) is 0 Å². The van der Waals surface area contributed by atoms with Gasteiger partial charge in [-0.15, -0.1) is 0 Å². The molecule has 0 radical (unpaired) electrons. The molecule has 7 nitrogen and oxygen atoms in total. The number of imide groups is 1. The first-order chi connectivity index (χ1) is 8.56. The largest absolute Gasteiger partial charge is 0.481 e. The van der Waals surface area contributed by atoms with Crippen LogP contribution in [0.1, 0.15) is 32.1 Å². The second-order valence-corrected chi connectivity index (χ2v) is 4.13. The van der Waals surface area contributed by atoms with Crippen molar-refractivity contribution in [2.45, 2.75) is 38.1 Å². The molecular formula is C11H16N2O5. The van der Waals surface area contributed by atoms with Crippen molar-refractivity contribution in [2.24, 2.45) is 0 Å². The van der Waals surface area contributed by atoms with Crippen LogP contribution < -0.4 is 5.32 Å². The summed E-state index contributed by atoms with van der Waals surface area (Å²) in [5, 5.41) is 10.5.